The van der Waals surface area contributed by atoms with Crippen LogP contribution in [-0.2, 0) is 9.59 Å². The molecule has 23 heavy (non-hydrogen) atoms. The number of benzene rings is 1. The topological polar surface area (TPSA) is 69.6 Å². The van der Waals surface area contributed by atoms with Crippen molar-refractivity contribution in [3.8, 4) is 0 Å². The number of nitrogens with zero attached hydrogens (tertiary/aromatic N) is 1. The van der Waals surface area contributed by atoms with Gasteiger partial charge in [-0.05, 0) is 24.3 Å². The lowest BCUT2D eigenvalue weighted by Crippen LogP contribution is -2.64. The molecule has 0 saturated carbocycles. The minimum atomic E-state index is -0.434. The minimum Gasteiger partial charge on any atom is -0.395 e. The summed E-state index contributed by atoms with van der Waals surface area (Å²) in [6, 6.07) is 10.2. The number of hydrogen-bond acceptors (Lipinski definition) is 3. The third-order valence-corrected chi connectivity index (χ3v) is 5.28. The monoisotopic (exact) mass is 316 g/mol. The maximum absolute atomic E-state index is 12.6. The van der Waals surface area contributed by atoms with Gasteiger partial charge in [0.25, 0.3) is 0 Å². The maximum Gasteiger partial charge on any atom is 0.227 e. The Labute approximate surface area is 136 Å². The van der Waals surface area contributed by atoms with E-state index < -0.39 is 5.92 Å². The SMILES string of the molecule is C[C@@H](C(=O)N1CCC(c2ccccc2)CC1)[C@H]1NC(=O)[C@@H]1CO. The van der Waals surface area contributed by atoms with E-state index in [9.17, 15) is 14.7 Å². The van der Waals surface area contributed by atoms with Crippen molar-refractivity contribution in [1.82, 2.24) is 10.2 Å². The average Bonchev–Trinajstić information content (AvgIpc) is 2.59. The summed E-state index contributed by atoms with van der Waals surface area (Å²) < 4.78 is 0. The van der Waals surface area contributed by atoms with Crippen LogP contribution in [-0.4, -0.2) is 47.6 Å². The van der Waals surface area contributed by atoms with Crippen molar-refractivity contribution in [1.29, 1.82) is 0 Å². The van der Waals surface area contributed by atoms with Crippen LogP contribution in [0.3, 0.4) is 0 Å². The summed E-state index contributed by atoms with van der Waals surface area (Å²) >= 11 is 0. The first kappa shape index (κ1) is 16.0. The summed E-state index contributed by atoms with van der Waals surface area (Å²) in [4.78, 5) is 25.9. The van der Waals surface area contributed by atoms with Gasteiger partial charge in [0.2, 0.25) is 11.8 Å². The highest BCUT2D eigenvalue weighted by atomic mass is 16.3. The first-order valence-electron chi connectivity index (χ1n) is 8.36. The van der Waals surface area contributed by atoms with Crippen LogP contribution in [0.4, 0.5) is 0 Å². The number of hydrogen-bond donors (Lipinski definition) is 2. The van der Waals surface area contributed by atoms with Crippen LogP contribution in [0.25, 0.3) is 0 Å². The second-order valence-electron chi connectivity index (χ2n) is 6.62. The van der Waals surface area contributed by atoms with Crippen LogP contribution in [0.5, 0.6) is 0 Å². The molecular formula is C18H24N2O3. The normalized spacial score (nSPS) is 26.3. The van der Waals surface area contributed by atoms with Gasteiger partial charge in [-0.15, -0.1) is 0 Å². The Morgan fingerprint density at radius 2 is 1.96 bits per heavy atom. The van der Waals surface area contributed by atoms with Crippen LogP contribution >= 0.6 is 0 Å². The first-order chi connectivity index (χ1) is 11.1. The molecule has 2 amide bonds. The standard InChI is InChI=1S/C18H24N2O3/c1-12(16-15(11-21)17(22)19-16)18(23)20-9-7-14(8-10-20)13-5-3-2-4-6-13/h2-6,12,14-16,21H,7-11H2,1H3,(H,19,22)/t12-,15-,16-/m1/s1. The molecule has 0 unspecified atom stereocenters. The summed E-state index contributed by atoms with van der Waals surface area (Å²) in [6.07, 6.45) is 1.95. The highest BCUT2D eigenvalue weighted by Gasteiger charge is 2.45. The number of likely N-dealkylation sites (tertiary alicyclic amines) is 1. The molecule has 2 fully saturated rings. The molecule has 0 aromatic heterocycles. The average molecular weight is 316 g/mol. The molecule has 0 radical (unpaired) electrons. The Kier molecular flexibility index (Phi) is 4.66. The Hall–Kier alpha value is -1.88. The van der Waals surface area contributed by atoms with Gasteiger partial charge in [0.05, 0.1) is 24.5 Å². The van der Waals surface area contributed by atoms with Crippen LogP contribution in [0, 0.1) is 11.8 Å². The van der Waals surface area contributed by atoms with Gasteiger partial charge in [-0.3, -0.25) is 9.59 Å². The largest absolute Gasteiger partial charge is 0.395 e. The van der Waals surface area contributed by atoms with Gasteiger partial charge in [-0.2, -0.15) is 0 Å². The maximum atomic E-state index is 12.6. The summed E-state index contributed by atoms with van der Waals surface area (Å²) in [5, 5.41) is 12.0. The van der Waals surface area contributed by atoms with E-state index in [4.69, 9.17) is 0 Å². The highest BCUT2D eigenvalue weighted by molar-refractivity contribution is 5.89. The zero-order chi connectivity index (χ0) is 16.4. The predicted octanol–water partition coefficient (Wildman–Crippen LogP) is 1.14. The van der Waals surface area contributed by atoms with Crippen LogP contribution in [0.1, 0.15) is 31.2 Å². The van der Waals surface area contributed by atoms with Crippen molar-refractivity contribution < 1.29 is 14.7 Å². The van der Waals surface area contributed by atoms with Crippen LogP contribution < -0.4 is 5.32 Å². The molecule has 1 aromatic rings. The summed E-state index contributed by atoms with van der Waals surface area (Å²) in [7, 11) is 0. The van der Waals surface area contributed by atoms with Gasteiger partial charge in [-0.1, -0.05) is 37.3 Å². The van der Waals surface area contributed by atoms with Crippen molar-refractivity contribution in [2.45, 2.75) is 31.7 Å². The van der Waals surface area contributed by atoms with Crippen molar-refractivity contribution in [2.75, 3.05) is 19.7 Å². The van der Waals surface area contributed by atoms with Gasteiger partial charge in [0.1, 0.15) is 0 Å². The molecule has 2 saturated heterocycles. The number of β-lactam (4-membered cyclic amide) rings is 1. The molecule has 5 nitrogen and oxygen atoms in total. The summed E-state index contributed by atoms with van der Waals surface area (Å²) in [6.45, 7) is 3.17. The van der Waals surface area contributed by atoms with Crippen molar-refractivity contribution in [2.24, 2.45) is 11.8 Å². The van der Waals surface area contributed by atoms with E-state index in [1.807, 2.05) is 17.9 Å². The highest BCUT2D eigenvalue weighted by Crippen LogP contribution is 2.30. The summed E-state index contributed by atoms with van der Waals surface area (Å²) in [5.74, 6) is -0.266. The lowest BCUT2D eigenvalue weighted by atomic mass is 9.81. The van der Waals surface area contributed by atoms with E-state index in [-0.39, 0.29) is 30.4 Å². The molecule has 0 spiro atoms. The Morgan fingerprint density at radius 1 is 1.30 bits per heavy atom. The Balaban J connectivity index is 1.55. The second-order valence-corrected chi connectivity index (χ2v) is 6.62. The molecule has 2 aliphatic heterocycles. The number of rotatable bonds is 4. The van der Waals surface area contributed by atoms with Gasteiger partial charge >= 0.3 is 0 Å². The van der Waals surface area contributed by atoms with E-state index >= 15 is 0 Å². The molecule has 1 aromatic carbocycles. The predicted molar refractivity (Wildman–Crippen MR) is 86.7 cm³/mol. The molecule has 2 heterocycles. The minimum absolute atomic E-state index is 0.0833. The molecule has 3 rings (SSSR count). The number of piperidine rings is 1. The first-order valence-corrected chi connectivity index (χ1v) is 8.36. The third-order valence-electron chi connectivity index (χ3n) is 5.28. The molecule has 2 aliphatic rings. The van der Waals surface area contributed by atoms with Crippen LogP contribution in [0.15, 0.2) is 30.3 Å². The van der Waals surface area contributed by atoms with E-state index in [0.29, 0.717) is 5.92 Å². The number of aliphatic hydroxyl groups excluding tert-OH is 1. The smallest absolute Gasteiger partial charge is 0.227 e. The fourth-order valence-corrected chi connectivity index (χ4v) is 3.71. The van der Waals surface area contributed by atoms with Gasteiger partial charge in [0, 0.05) is 13.1 Å². The zero-order valence-electron chi connectivity index (χ0n) is 13.4. The number of amides is 2. The van der Waals surface area contributed by atoms with Gasteiger partial charge in [-0.25, -0.2) is 0 Å². The molecule has 0 aliphatic carbocycles. The van der Waals surface area contributed by atoms with Crippen molar-refractivity contribution >= 4 is 11.8 Å². The molecule has 124 valence electrons. The third kappa shape index (κ3) is 3.11. The Morgan fingerprint density at radius 3 is 2.52 bits per heavy atom. The number of carbonyl (C=O) groups excluding carboxylic acids is 2. The molecule has 2 N–H and O–H groups in total. The van der Waals surface area contributed by atoms with E-state index in [2.05, 4.69) is 29.6 Å². The lowest BCUT2D eigenvalue weighted by molar-refractivity contribution is -0.146. The van der Waals surface area contributed by atoms with E-state index in [1.54, 1.807) is 0 Å². The zero-order valence-corrected chi connectivity index (χ0v) is 13.4. The fraction of sp³-hybridized carbons (Fsp3) is 0.556. The van der Waals surface area contributed by atoms with Gasteiger partial charge in [0.15, 0.2) is 0 Å². The van der Waals surface area contributed by atoms with Gasteiger partial charge < -0.3 is 15.3 Å². The number of carbonyl (C=O) groups is 2. The summed E-state index contributed by atoms with van der Waals surface area (Å²) in [5.41, 5.74) is 1.35. The molecule has 3 atom stereocenters. The van der Waals surface area contributed by atoms with Crippen molar-refractivity contribution in [3.05, 3.63) is 35.9 Å². The van der Waals surface area contributed by atoms with E-state index in [0.717, 1.165) is 25.9 Å². The second kappa shape index (κ2) is 6.71. The van der Waals surface area contributed by atoms with Crippen LogP contribution in [0.2, 0.25) is 0 Å². The quantitative estimate of drug-likeness (QED) is 0.818. The fourth-order valence-electron chi connectivity index (χ4n) is 3.71. The number of aliphatic hydroxyl groups is 1. The Bertz CT molecular complexity index is 567. The van der Waals surface area contributed by atoms with E-state index in [1.165, 1.54) is 5.56 Å². The molecule has 0 bridgehead atoms. The molecule has 5 heteroatoms. The molecular weight excluding hydrogens is 292 g/mol. The lowest BCUT2D eigenvalue weighted by Gasteiger charge is -2.41. The van der Waals surface area contributed by atoms with Crippen molar-refractivity contribution in [3.63, 3.8) is 0 Å². The number of nitrogens with one attached hydrogen (secondary N) is 1.